The van der Waals surface area contributed by atoms with Gasteiger partial charge >= 0.3 is 0 Å². The summed E-state index contributed by atoms with van der Waals surface area (Å²) in [5.74, 6) is 0.824. The molecule has 1 aromatic carbocycles. The molecular formula is C13H20ClNO2. The fraction of sp³-hybridized carbons (Fsp3) is 0.538. The van der Waals surface area contributed by atoms with Crippen molar-refractivity contribution in [2.45, 2.75) is 19.4 Å². The van der Waals surface area contributed by atoms with Crippen LogP contribution in [-0.4, -0.2) is 32.9 Å². The van der Waals surface area contributed by atoms with Gasteiger partial charge in [-0.05, 0) is 37.7 Å². The van der Waals surface area contributed by atoms with Gasteiger partial charge < -0.3 is 14.8 Å². The van der Waals surface area contributed by atoms with Gasteiger partial charge in [0.15, 0.2) is 0 Å². The lowest BCUT2D eigenvalue weighted by Crippen LogP contribution is -2.36. The summed E-state index contributed by atoms with van der Waals surface area (Å²) < 4.78 is 11.1. The molecule has 0 heterocycles. The van der Waals surface area contributed by atoms with Crippen molar-refractivity contribution in [2.24, 2.45) is 0 Å². The van der Waals surface area contributed by atoms with E-state index in [0.717, 1.165) is 18.8 Å². The van der Waals surface area contributed by atoms with E-state index in [9.17, 15) is 0 Å². The zero-order valence-corrected chi connectivity index (χ0v) is 11.2. The quantitative estimate of drug-likeness (QED) is 0.727. The minimum atomic E-state index is 0.206. The Morgan fingerprint density at radius 3 is 2.53 bits per heavy atom. The van der Waals surface area contributed by atoms with E-state index in [4.69, 9.17) is 21.1 Å². The van der Waals surface area contributed by atoms with Gasteiger partial charge in [0.2, 0.25) is 0 Å². The first-order valence-corrected chi connectivity index (χ1v) is 6.27. The van der Waals surface area contributed by atoms with Crippen LogP contribution in [0.4, 0.5) is 0 Å². The van der Waals surface area contributed by atoms with Gasteiger partial charge in [-0.1, -0.05) is 18.5 Å². The highest BCUT2D eigenvalue weighted by molar-refractivity contribution is 6.30. The summed E-state index contributed by atoms with van der Waals surface area (Å²) in [5, 5.41) is 3.88. The molecule has 1 N–H and O–H groups in total. The smallest absolute Gasteiger partial charge is 0.119 e. The van der Waals surface area contributed by atoms with E-state index in [-0.39, 0.29) is 6.04 Å². The first-order valence-electron chi connectivity index (χ1n) is 5.89. The molecule has 0 spiro atoms. The minimum Gasteiger partial charge on any atom is -0.492 e. The summed E-state index contributed by atoms with van der Waals surface area (Å²) in [6.07, 6.45) is 1.04. The number of ether oxygens (including phenoxy) is 2. The molecule has 0 fully saturated rings. The van der Waals surface area contributed by atoms with Gasteiger partial charge in [-0.2, -0.15) is 0 Å². The molecule has 1 rings (SSSR count). The maximum absolute atomic E-state index is 5.80. The lowest BCUT2D eigenvalue weighted by atomic mass is 10.3. The molecule has 3 nitrogen and oxygen atoms in total. The molecule has 0 aromatic heterocycles. The maximum atomic E-state index is 5.80. The molecule has 0 radical (unpaired) electrons. The molecule has 96 valence electrons. The average Bonchev–Trinajstić information content (AvgIpc) is 2.35. The molecule has 1 aromatic rings. The third-order valence-electron chi connectivity index (χ3n) is 2.34. The van der Waals surface area contributed by atoms with Gasteiger partial charge in [0, 0.05) is 11.6 Å². The van der Waals surface area contributed by atoms with Crippen molar-refractivity contribution >= 4 is 11.6 Å². The molecule has 17 heavy (non-hydrogen) atoms. The normalized spacial score (nSPS) is 12.4. The van der Waals surface area contributed by atoms with Crippen LogP contribution >= 0.6 is 11.6 Å². The monoisotopic (exact) mass is 257 g/mol. The molecule has 0 saturated heterocycles. The van der Waals surface area contributed by atoms with Crippen LogP contribution in [0.3, 0.4) is 0 Å². The highest BCUT2D eigenvalue weighted by atomic mass is 35.5. The highest BCUT2D eigenvalue weighted by Crippen LogP contribution is 2.15. The van der Waals surface area contributed by atoms with Crippen LogP contribution in [0.2, 0.25) is 5.02 Å². The van der Waals surface area contributed by atoms with Gasteiger partial charge in [-0.3, -0.25) is 0 Å². The molecule has 0 aliphatic rings. The van der Waals surface area contributed by atoms with Crippen LogP contribution in [0, 0.1) is 0 Å². The van der Waals surface area contributed by atoms with Crippen molar-refractivity contribution in [2.75, 3.05) is 26.9 Å². The van der Waals surface area contributed by atoms with Crippen LogP contribution in [0.5, 0.6) is 5.75 Å². The van der Waals surface area contributed by atoms with E-state index in [1.54, 1.807) is 0 Å². The fourth-order valence-electron chi connectivity index (χ4n) is 1.31. The van der Waals surface area contributed by atoms with Gasteiger partial charge in [0.1, 0.15) is 12.4 Å². The van der Waals surface area contributed by atoms with Gasteiger partial charge in [-0.15, -0.1) is 0 Å². The number of hydrogen-bond acceptors (Lipinski definition) is 3. The van der Waals surface area contributed by atoms with E-state index in [2.05, 4.69) is 12.2 Å². The molecule has 0 aliphatic carbocycles. The SMILES string of the molecule is CCCOCC(COc1ccc(Cl)cc1)NC. The van der Waals surface area contributed by atoms with Crippen LogP contribution in [-0.2, 0) is 4.74 Å². The van der Waals surface area contributed by atoms with Gasteiger partial charge in [0.05, 0.1) is 12.6 Å². The zero-order chi connectivity index (χ0) is 12.5. The zero-order valence-electron chi connectivity index (χ0n) is 10.4. The van der Waals surface area contributed by atoms with E-state index in [0.29, 0.717) is 18.2 Å². The van der Waals surface area contributed by atoms with Crippen LogP contribution in [0.1, 0.15) is 13.3 Å². The van der Waals surface area contributed by atoms with Crippen LogP contribution < -0.4 is 10.1 Å². The van der Waals surface area contributed by atoms with Crippen LogP contribution in [0.15, 0.2) is 24.3 Å². The Bertz CT molecular complexity index is 303. The lowest BCUT2D eigenvalue weighted by Gasteiger charge is -2.17. The van der Waals surface area contributed by atoms with Crippen LogP contribution in [0.25, 0.3) is 0 Å². The molecule has 1 unspecified atom stereocenters. The Morgan fingerprint density at radius 2 is 1.94 bits per heavy atom. The van der Waals surface area contributed by atoms with E-state index < -0.39 is 0 Å². The summed E-state index contributed by atoms with van der Waals surface area (Å²) >= 11 is 5.80. The summed E-state index contributed by atoms with van der Waals surface area (Å²) in [7, 11) is 1.91. The maximum Gasteiger partial charge on any atom is 0.119 e. The number of halogens is 1. The first kappa shape index (κ1) is 14.3. The average molecular weight is 258 g/mol. The van der Waals surface area contributed by atoms with E-state index >= 15 is 0 Å². The Morgan fingerprint density at radius 1 is 1.24 bits per heavy atom. The molecule has 0 bridgehead atoms. The van der Waals surface area contributed by atoms with Gasteiger partial charge in [-0.25, -0.2) is 0 Å². The predicted molar refractivity (Wildman–Crippen MR) is 70.9 cm³/mol. The summed E-state index contributed by atoms with van der Waals surface area (Å²) in [6.45, 7) is 4.14. The second-order valence-corrected chi connectivity index (χ2v) is 4.26. The standard InChI is InChI=1S/C13H20ClNO2/c1-3-8-16-9-12(15-2)10-17-13-6-4-11(14)5-7-13/h4-7,12,15H,3,8-10H2,1-2H3. The van der Waals surface area contributed by atoms with Crippen molar-refractivity contribution in [1.82, 2.24) is 5.32 Å². The van der Waals surface area contributed by atoms with Crippen molar-refractivity contribution in [1.29, 1.82) is 0 Å². The van der Waals surface area contributed by atoms with Crippen molar-refractivity contribution in [3.63, 3.8) is 0 Å². The second-order valence-electron chi connectivity index (χ2n) is 3.83. The first-order chi connectivity index (χ1) is 8.26. The molecule has 0 aliphatic heterocycles. The molecular weight excluding hydrogens is 238 g/mol. The van der Waals surface area contributed by atoms with E-state index in [1.807, 2.05) is 31.3 Å². The predicted octanol–water partition coefficient (Wildman–Crippen LogP) is 2.73. The Hall–Kier alpha value is -0.770. The van der Waals surface area contributed by atoms with Crippen molar-refractivity contribution in [3.05, 3.63) is 29.3 Å². The molecule has 0 amide bonds. The minimum absolute atomic E-state index is 0.206. The lowest BCUT2D eigenvalue weighted by molar-refractivity contribution is 0.0963. The number of rotatable bonds is 8. The van der Waals surface area contributed by atoms with E-state index in [1.165, 1.54) is 0 Å². The third-order valence-corrected chi connectivity index (χ3v) is 2.59. The fourth-order valence-corrected chi connectivity index (χ4v) is 1.44. The van der Waals surface area contributed by atoms with Crippen molar-refractivity contribution in [3.8, 4) is 5.75 Å². The number of likely N-dealkylation sites (N-methyl/N-ethyl adjacent to an activating group) is 1. The summed E-state index contributed by atoms with van der Waals surface area (Å²) in [5.41, 5.74) is 0. The number of hydrogen-bond donors (Lipinski definition) is 1. The Labute approximate surface area is 108 Å². The third kappa shape index (κ3) is 5.91. The summed E-state index contributed by atoms with van der Waals surface area (Å²) in [6, 6.07) is 7.57. The van der Waals surface area contributed by atoms with Gasteiger partial charge in [0.25, 0.3) is 0 Å². The largest absolute Gasteiger partial charge is 0.492 e. The number of nitrogens with one attached hydrogen (secondary N) is 1. The molecule has 0 saturated carbocycles. The number of benzene rings is 1. The molecule has 1 atom stereocenters. The second kappa shape index (κ2) is 8.34. The topological polar surface area (TPSA) is 30.5 Å². The Kier molecular flexibility index (Phi) is 7.01. The van der Waals surface area contributed by atoms with Crippen molar-refractivity contribution < 1.29 is 9.47 Å². The summed E-state index contributed by atoms with van der Waals surface area (Å²) in [4.78, 5) is 0. The molecule has 4 heteroatoms. The highest BCUT2D eigenvalue weighted by Gasteiger charge is 2.06. The Balaban J connectivity index is 2.29.